The lowest BCUT2D eigenvalue weighted by atomic mass is 10.2. The number of benzene rings is 1. The predicted molar refractivity (Wildman–Crippen MR) is 88.8 cm³/mol. The zero-order valence-corrected chi connectivity index (χ0v) is 14.3. The van der Waals surface area contributed by atoms with E-state index in [1.54, 1.807) is 22.5 Å². The Morgan fingerprint density at radius 1 is 1.22 bits per heavy atom. The highest BCUT2D eigenvalue weighted by Crippen LogP contribution is 2.22. The van der Waals surface area contributed by atoms with E-state index < -0.39 is 10.0 Å². The first-order valence-corrected chi connectivity index (χ1v) is 9.46. The second-order valence-corrected chi connectivity index (χ2v) is 7.47. The van der Waals surface area contributed by atoms with Crippen LogP contribution in [0.2, 0.25) is 0 Å². The molecule has 1 aliphatic rings. The van der Waals surface area contributed by atoms with Crippen molar-refractivity contribution in [2.75, 3.05) is 31.6 Å². The van der Waals surface area contributed by atoms with Gasteiger partial charge in [0.05, 0.1) is 4.90 Å². The van der Waals surface area contributed by atoms with E-state index in [0.29, 0.717) is 25.4 Å². The van der Waals surface area contributed by atoms with Gasteiger partial charge in [0.15, 0.2) is 0 Å². The van der Waals surface area contributed by atoms with Crippen LogP contribution in [0.1, 0.15) is 32.6 Å². The number of carbonyl (C=O) groups is 1. The highest BCUT2D eigenvalue weighted by molar-refractivity contribution is 7.89. The summed E-state index contributed by atoms with van der Waals surface area (Å²) in [7, 11) is -3.51. The summed E-state index contributed by atoms with van der Waals surface area (Å²) in [5.74, 6) is -0.295. The molecule has 1 heterocycles. The average molecular weight is 340 g/mol. The monoisotopic (exact) mass is 340 g/mol. The smallest absolute Gasteiger partial charge is 0.250 e. The molecule has 0 bridgehead atoms. The van der Waals surface area contributed by atoms with Gasteiger partial charge in [0.1, 0.15) is 6.61 Å². The third kappa shape index (κ3) is 5.02. The van der Waals surface area contributed by atoms with Crippen molar-refractivity contribution in [3.8, 4) is 0 Å². The number of amides is 1. The Labute approximate surface area is 137 Å². The minimum atomic E-state index is -3.51. The van der Waals surface area contributed by atoms with Gasteiger partial charge < -0.3 is 10.1 Å². The van der Waals surface area contributed by atoms with Gasteiger partial charge in [0.25, 0.3) is 0 Å². The lowest BCUT2D eigenvalue weighted by molar-refractivity contribution is -0.120. The van der Waals surface area contributed by atoms with Crippen LogP contribution in [0.15, 0.2) is 29.2 Å². The van der Waals surface area contributed by atoms with Gasteiger partial charge in [-0.2, -0.15) is 4.31 Å². The van der Waals surface area contributed by atoms with Gasteiger partial charge in [-0.25, -0.2) is 8.42 Å². The van der Waals surface area contributed by atoms with Gasteiger partial charge in [-0.05, 0) is 38.0 Å². The molecule has 128 valence electrons. The standard InChI is InChI=1S/C16H24N2O4S/c1-2-22-13-16(19)17-14-8-7-9-15(12-14)23(20,21)18-10-5-3-4-6-11-18/h7-9,12H,2-6,10-11,13H2,1H3,(H,17,19). The largest absolute Gasteiger partial charge is 0.372 e. The van der Waals surface area contributed by atoms with Crippen LogP contribution in [0.4, 0.5) is 5.69 Å². The molecule has 1 N–H and O–H groups in total. The van der Waals surface area contributed by atoms with Crippen LogP contribution in [0.3, 0.4) is 0 Å². The summed E-state index contributed by atoms with van der Waals surface area (Å²) in [6.07, 6.45) is 3.92. The fraction of sp³-hybridized carbons (Fsp3) is 0.562. The lowest BCUT2D eigenvalue weighted by Gasteiger charge is -2.20. The highest BCUT2D eigenvalue weighted by atomic mass is 32.2. The molecule has 0 spiro atoms. The topological polar surface area (TPSA) is 75.7 Å². The van der Waals surface area contributed by atoms with E-state index in [4.69, 9.17) is 4.74 Å². The molecule has 23 heavy (non-hydrogen) atoms. The fourth-order valence-corrected chi connectivity index (χ4v) is 4.12. The SMILES string of the molecule is CCOCC(=O)Nc1cccc(S(=O)(=O)N2CCCCCC2)c1. The minimum Gasteiger partial charge on any atom is -0.372 e. The number of anilines is 1. The van der Waals surface area contributed by atoms with Gasteiger partial charge in [-0.15, -0.1) is 0 Å². The van der Waals surface area contributed by atoms with Crippen molar-refractivity contribution in [3.63, 3.8) is 0 Å². The van der Waals surface area contributed by atoms with E-state index in [2.05, 4.69) is 5.32 Å². The van der Waals surface area contributed by atoms with Gasteiger partial charge >= 0.3 is 0 Å². The molecule has 0 aromatic heterocycles. The minimum absolute atomic E-state index is 0.0421. The van der Waals surface area contributed by atoms with Gasteiger partial charge in [-0.1, -0.05) is 18.9 Å². The Hall–Kier alpha value is -1.44. The molecule has 0 aliphatic carbocycles. The van der Waals surface area contributed by atoms with E-state index in [0.717, 1.165) is 25.7 Å². The van der Waals surface area contributed by atoms with Crippen molar-refractivity contribution in [1.82, 2.24) is 4.31 Å². The van der Waals surface area contributed by atoms with Crippen LogP contribution in [-0.4, -0.2) is 44.9 Å². The van der Waals surface area contributed by atoms with E-state index in [1.165, 1.54) is 6.07 Å². The number of nitrogens with zero attached hydrogens (tertiary/aromatic N) is 1. The zero-order chi connectivity index (χ0) is 16.7. The summed E-state index contributed by atoms with van der Waals surface area (Å²) in [4.78, 5) is 11.9. The Morgan fingerprint density at radius 2 is 1.91 bits per heavy atom. The van der Waals surface area contributed by atoms with Crippen LogP contribution in [0.5, 0.6) is 0 Å². The number of hydrogen-bond donors (Lipinski definition) is 1. The summed E-state index contributed by atoms with van der Waals surface area (Å²) in [6.45, 7) is 3.34. The second kappa shape index (κ2) is 8.42. The Balaban J connectivity index is 2.12. The molecule has 0 saturated carbocycles. The zero-order valence-electron chi connectivity index (χ0n) is 13.5. The maximum absolute atomic E-state index is 12.7. The van der Waals surface area contributed by atoms with Crippen molar-refractivity contribution >= 4 is 21.6 Å². The van der Waals surface area contributed by atoms with Crippen LogP contribution in [0, 0.1) is 0 Å². The van der Waals surface area contributed by atoms with E-state index in [9.17, 15) is 13.2 Å². The molecule has 1 aliphatic heterocycles. The Bertz CT molecular complexity index is 623. The molecule has 7 heteroatoms. The number of carbonyl (C=O) groups excluding carboxylic acids is 1. The van der Waals surface area contributed by atoms with Crippen molar-refractivity contribution in [2.45, 2.75) is 37.5 Å². The van der Waals surface area contributed by atoms with Gasteiger partial charge in [-0.3, -0.25) is 4.79 Å². The van der Waals surface area contributed by atoms with Gasteiger partial charge in [0, 0.05) is 25.4 Å². The fourth-order valence-electron chi connectivity index (χ4n) is 2.56. The average Bonchev–Trinajstić information content (AvgIpc) is 2.83. The molecule has 1 aromatic carbocycles. The predicted octanol–water partition coefficient (Wildman–Crippen LogP) is 2.23. The van der Waals surface area contributed by atoms with Crippen molar-refractivity contribution in [1.29, 1.82) is 0 Å². The third-order valence-corrected chi connectivity index (χ3v) is 5.65. The van der Waals surface area contributed by atoms with E-state index in [1.807, 2.05) is 6.92 Å². The number of rotatable bonds is 6. The van der Waals surface area contributed by atoms with Crippen LogP contribution >= 0.6 is 0 Å². The molecule has 6 nitrogen and oxygen atoms in total. The Kier molecular flexibility index (Phi) is 6.56. The second-order valence-electron chi connectivity index (χ2n) is 5.53. The first kappa shape index (κ1) is 17.9. The molecular formula is C16H24N2O4S. The van der Waals surface area contributed by atoms with E-state index in [-0.39, 0.29) is 17.4 Å². The first-order chi connectivity index (χ1) is 11.0. The summed E-state index contributed by atoms with van der Waals surface area (Å²) in [5, 5.41) is 2.66. The summed E-state index contributed by atoms with van der Waals surface area (Å²) >= 11 is 0. The van der Waals surface area contributed by atoms with Crippen LogP contribution in [0.25, 0.3) is 0 Å². The third-order valence-electron chi connectivity index (χ3n) is 3.76. The first-order valence-electron chi connectivity index (χ1n) is 8.02. The molecule has 2 rings (SSSR count). The molecule has 0 unspecified atom stereocenters. The molecule has 1 amide bonds. The van der Waals surface area contributed by atoms with Crippen molar-refractivity contribution in [2.24, 2.45) is 0 Å². The summed E-state index contributed by atoms with van der Waals surface area (Å²) < 4.78 is 32.1. The highest BCUT2D eigenvalue weighted by Gasteiger charge is 2.25. The number of ether oxygens (including phenoxy) is 1. The maximum atomic E-state index is 12.7. The molecule has 1 aromatic rings. The molecule has 0 radical (unpaired) electrons. The number of sulfonamides is 1. The maximum Gasteiger partial charge on any atom is 0.250 e. The van der Waals surface area contributed by atoms with E-state index >= 15 is 0 Å². The summed E-state index contributed by atoms with van der Waals surface area (Å²) in [6, 6.07) is 6.38. The van der Waals surface area contributed by atoms with Gasteiger partial charge in [0.2, 0.25) is 15.9 Å². The molecule has 0 atom stereocenters. The number of nitrogens with one attached hydrogen (secondary N) is 1. The summed E-state index contributed by atoms with van der Waals surface area (Å²) in [5.41, 5.74) is 0.464. The molecule has 1 fully saturated rings. The quantitative estimate of drug-likeness (QED) is 0.861. The molecular weight excluding hydrogens is 316 g/mol. The number of hydrogen-bond acceptors (Lipinski definition) is 4. The van der Waals surface area contributed by atoms with Crippen molar-refractivity contribution in [3.05, 3.63) is 24.3 Å². The van der Waals surface area contributed by atoms with Crippen molar-refractivity contribution < 1.29 is 17.9 Å². The normalized spacial score (nSPS) is 16.7. The van der Waals surface area contributed by atoms with Crippen LogP contribution < -0.4 is 5.32 Å². The van der Waals surface area contributed by atoms with Crippen LogP contribution in [-0.2, 0) is 19.6 Å². The Morgan fingerprint density at radius 3 is 2.57 bits per heavy atom. The lowest BCUT2D eigenvalue weighted by Crippen LogP contribution is -2.32. The molecule has 1 saturated heterocycles.